The summed E-state index contributed by atoms with van der Waals surface area (Å²) in [5.74, 6) is 1.93. The summed E-state index contributed by atoms with van der Waals surface area (Å²) in [6, 6.07) is 8.13. The summed E-state index contributed by atoms with van der Waals surface area (Å²) in [7, 11) is 0. The van der Waals surface area contributed by atoms with Gasteiger partial charge in [0.25, 0.3) is 0 Å². The van der Waals surface area contributed by atoms with E-state index in [-0.39, 0.29) is 6.61 Å². The molecule has 3 aromatic rings. The van der Waals surface area contributed by atoms with Crippen molar-refractivity contribution in [2.45, 2.75) is 33.6 Å². The lowest BCUT2D eigenvalue weighted by Gasteiger charge is -2.23. The summed E-state index contributed by atoms with van der Waals surface area (Å²) >= 11 is 0. The number of aromatic nitrogens is 4. The molecule has 0 saturated carbocycles. The first kappa shape index (κ1) is 19.9. The standard InChI is InChI=1S/C20H29N7O/c1-4-10-27(11-5-2)18-16-17(24-19(26-18)21-9-12-28)25-20(23-16)22-15-8-6-7-14(3)13-15/h6-8,13,28H,4-5,9-12H2,1-3H3,(H3,21,22,23,24,25,26). The number of aromatic amines is 1. The van der Waals surface area contributed by atoms with Gasteiger partial charge in [-0.1, -0.05) is 26.0 Å². The molecular formula is C20H29N7O. The summed E-state index contributed by atoms with van der Waals surface area (Å²) in [4.78, 5) is 19.4. The van der Waals surface area contributed by atoms with E-state index in [1.807, 2.05) is 12.1 Å². The Balaban J connectivity index is 2.01. The van der Waals surface area contributed by atoms with Crippen LogP contribution in [0.25, 0.3) is 11.2 Å². The summed E-state index contributed by atoms with van der Waals surface area (Å²) in [6.45, 7) is 8.59. The third kappa shape index (κ3) is 4.69. The second kappa shape index (κ2) is 9.36. The molecule has 2 aromatic heterocycles. The van der Waals surface area contributed by atoms with Crippen molar-refractivity contribution in [3.05, 3.63) is 29.8 Å². The van der Waals surface area contributed by atoms with Crippen molar-refractivity contribution in [2.75, 3.05) is 41.8 Å². The Kier molecular flexibility index (Phi) is 6.65. The van der Waals surface area contributed by atoms with Crippen molar-refractivity contribution in [1.29, 1.82) is 0 Å². The zero-order chi connectivity index (χ0) is 19.9. The maximum atomic E-state index is 9.12. The Morgan fingerprint density at radius 3 is 2.57 bits per heavy atom. The molecule has 4 N–H and O–H groups in total. The molecule has 1 aromatic carbocycles. The quantitative estimate of drug-likeness (QED) is 0.425. The first-order valence-electron chi connectivity index (χ1n) is 9.85. The van der Waals surface area contributed by atoms with Gasteiger partial charge < -0.3 is 25.6 Å². The van der Waals surface area contributed by atoms with E-state index >= 15 is 0 Å². The van der Waals surface area contributed by atoms with E-state index in [9.17, 15) is 0 Å². The molecule has 150 valence electrons. The number of rotatable bonds is 10. The molecule has 0 unspecified atom stereocenters. The molecule has 0 saturated heterocycles. The predicted octanol–water partition coefficient (Wildman–Crippen LogP) is 3.44. The Morgan fingerprint density at radius 2 is 1.89 bits per heavy atom. The molecule has 0 fully saturated rings. The van der Waals surface area contributed by atoms with E-state index in [1.54, 1.807) is 0 Å². The Hall–Kier alpha value is -2.87. The fraction of sp³-hybridized carbons (Fsp3) is 0.450. The molecule has 0 aliphatic rings. The number of imidazole rings is 1. The van der Waals surface area contributed by atoms with Gasteiger partial charge in [0.1, 0.15) is 5.52 Å². The number of hydrogen-bond donors (Lipinski definition) is 4. The normalized spacial score (nSPS) is 11.0. The number of aliphatic hydroxyl groups is 1. The molecule has 0 radical (unpaired) electrons. The number of benzene rings is 1. The highest BCUT2D eigenvalue weighted by molar-refractivity contribution is 5.87. The van der Waals surface area contributed by atoms with Crippen molar-refractivity contribution in [1.82, 2.24) is 19.9 Å². The Morgan fingerprint density at radius 1 is 1.11 bits per heavy atom. The van der Waals surface area contributed by atoms with Crippen LogP contribution < -0.4 is 15.5 Å². The van der Waals surface area contributed by atoms with Gasteiger partial charge in [-0.05, 0) is 37.5 Å². The van der Waals surface area contributed by atoms with Crippen molar-refractivity contribution < 1.29 is 5.11 Å². The largest absolute Gasteiger partial charge is 0.395 e. The summed E-state index contributed by atoms with van der Waals surface area (Å²) in [6.07, 6.45) is 2.04. The lowest BCUT2D eigenvalue weighted by atomic mass is 10.2. The van der Waals surface area contributed by atoms with Gasteiger partial charge in [0.15, 0.2) is 11.5 Å². The fourth-order valence-corrected chi connectivity index (χ4v) is 3.14. The van der Waals surface area contributed by atoms with Crippen LogP contribution in [0.3, 0.4) is 0 Å². The van der Waals surface area contributed by atoms with Crippen LogP contribution in [-0.4, -0.2) is 51.3 Å². The highest BCUT2D eigenvalue weighted by Gasteiger charge is 2.17. The molecule has 0 bridgehead atoms. The first-order chi connectivity index (χ1) is 13.6. The van der Waals surface area contributed by atoms with Gasteiger partial charge in [-0.25, -0.2) is 0 Å². The lowest BCUT2D eigenvalue weighted by molar-refractivity contribution is 0.311. The number of anilines is 4. The summed E-state index contributed by atoms with van der Waals surface area (Å²) in [5, 5.41) is 15.5. The molecule has 0 aliphatic heterocycles. The molecule has 8 nitrogen and oxygen atoms in total. The van der Waals surface area contributed by atoms with E-state index in [4.69, 9.17) is 10.1 Å². The molecule has 8 heteroatoms. The number of hydrogen-bond acceptors (Lipinski definition) is 7. The Labute approximate surface area is 165 Å². The van der Waals surface area contributed by atoms with Gasteiger partial charge in [-0.2, -0.15) is 15.0 Å². The SMILES string of the molecule is CCCN(CCC)c1nc(NCCO)nc2nc(Nc3cccc(C)c3)[nH]c12. The van der Waals surface area contributed by atoms with Crippen LogP contribution in [0.1, 0.15) is 32.3 Å². The van der Waals surface area contributed by atoms with Crippen LogP contribution in [0.5, 0.6) is 0 Å². The molecule has 0 amide bonds. The molecular weight excluding hydrogens is 354 g/mol. The first-order valence-corrected chi connectivity index (χ1v) is 9.85. The third-order valence-corrected chi connectivity index (χ3v) is 4.29. The van der Waals surface area contributed by atoms with E-state index in [0.717, 1.165) is 43.0 Å². The van der Waals surface area contributed by atoms with Crippen LogP contribution in [0.2, 0.25) is 0 Å². The molecule has 0 aliphatic carbocycles. The molecule has 28 heavy (non-hydrogen) atoms. The molecule has 0 atom stereocenters. The minimum absolute atomic E-state index is 0.0189. The lowest BCUT2D eigenvalue weighted by Crippen LogP contribution is -2.26. The van der Waals surface area contributed by atoms with Crippen molar-refractivity contribution in [3.63, 3.8) is 0 Å². The maximum Gasteiger partial charge on any atom is 0.226 e. The molecule has 2 heterocycles. The average Bonchev–Trinajstić information content (AvgIpc) is 3.07. The van der Waals surface area contributed by atoms with Crippen molar-refractivity contribution >= 4 is 34.6 Å². The minimum Gasteiger partial charge on any atom is -0.395 e. The third-order valence-electron chi connectivity index (χ3n) is 4.29. The smallest absolute Gasteiger partial charge is 0.226 e. The molecule has 0 spiro atoms. The number of nitrogens with one attached hydrogen (secondary N) is 3. The zero-order valence-electron chi connectivity index (χ0n) is 16.8. The highest BCUT2D eigenvalue weighted by atomic mass is 16.3. The van der Waals surface area contributed by atoms with Gasteiger partial charge in [-0.3, -0.25) is 0 Å². The van der Waals surface area contributed by atoms with E-state index in [2.05, 4.69) is 63.4 Å². The number of nitrogens with zero attached hydrogens (tertiary/aromatic N) is 4. The second-order valence-electron chi connectivity index (χ2n) is 6.79. The van der Waals surface area contributed by atoms with Gasteiger partial charge in [0.05, 0.1) is 6.61 Å². The number of fused-ring (bicyclic) bond motifs is 1. The monoisotopic (exact) mass is 383 g/mol. The van der Waals surface area contributed by atoms with Gasteiger partial charge in [0, 0.05) is 25.3 Å². The minimum atomic E-state index is 0.0189. The van der Waals surface area contributed by atoms with Crippen LogP contribution in [0.4, 0.5) is 23.4 Å². The number of aryl methyl sites for hydroxylation is 1. The average molecular weight is 384 g/mol. The van der Waals surface area contributed by atoms with Crippen LogP contribution in [0, 0.1) is 6.92 Å². The number of H-pyrrole nitrogens is 1. The van der Waals surface area contributed by atoms with Crippen molar-refractivity contribution in [2.24, 2.45) is 0 Å². The van der Waals surface area contributed by atoms with Gasteiger partial charge in [-0.15, -0.1) is 0 Å². The second-order valence-corrected chi connectivity index (χ2v) is 6.79. The van der Waals surface area contributed by atoms with Gasteiger partial charge >= 0.3 is 0 Å². The number of aliphatic hydroxyl groups excluding tert-OH is 1. The fourth-order valence-electron chi connectivity index (χ4n) is 3.14. The van der Waals surface area contributed by atoms with E-state index in [1.165, 1.54) is 5.56 Å². The van der Waals surface area contributed by atoms with Crippen LogP contribution >= 0.6 is 0 Å². The zero-order valence-corrected chi connectivity index (χ0v) is 16.8. The maximum absolute atomic E-state index is 9.12. The molecule has 3 rings (SSSR count). The summed E-state index contributed by atoms with van der Waals surface area (Å²) in [5.41, 5.74) is 3.55. The Bertz CT molecular complexity index is 903. The highest BCUT2D eigenvalue weighted by Crippen LogP contribution is 2.27. The van der Waals surface area contributed by atoms with Crippen LogP contribution in [-0.2, 0) is 0 Å². The summed E-state index contributed by atoms with van der Waals surface area (Å²) < 4.78 is 0. The van der Waals surface area contributed by atoms with E-state index < -0.39 is 0 Å². The van der Waals surface area contributed by atoms with Crippen LogP contribution in [0.15, 0.2) is 24.3 Å². The topological polar surface area (TPSA) is 102 Å². The predicted molar refractivity (Wildman–Crippen MR) is 115 cm³/mol. The van der Waals surface area contributed by atoms with Gasteiger partial charge in [0.2, 0.25) is 11.9 Å². The van der Waals surface area contributed by atoms with E-state index in [0.29, 0.717) is 24.1 Å². The van der Waals surface area contributed by atoms with Crippen molar-refractivity contribution in [3.8, 4) is 0 Å².